The summed E-state index contributed by atoms with van der Waals surface area (Å²) in [6.07, 6.45) is 3.02. The maximum atomic E-state index is 10.7. The van der Waals surface area contributed by atoms with E-state index < -0.39 is 11.9 Å². The third kappa shape index (κ3) is 5.09. The first-order valence-corrected chi connectivity index (χ1v) is 5.42. The van der Waals surface area contributed by atoms with Gasteiger partial charge in [0.05, 0.1) is 19.2 Å². The Balaban J connectivity index is 2.30. The second-order valence-corrected chi connectivity index (χ2v) is 3.99. The van der Waals surface area contributed by atoms with Gasteiger partial charge < -0.3 is 15.6 Å². The van der Waals surface area contributed by atoms with Crippen molar-refractivity contribution >= 4 is 11.9 Å². The number of ether oxygens (including phenoxy) is 1. The zero-order valence-corrected chi connectivity index (χ0v) is 9.22. The molecule has 1 heterocycles. The van der Waals surface area contributed by atoms with Crippen molar-refractivity contribution in [2.24, 2.45) is 5.73 Å². The van der Waals surface area contributed by atoms with E-state index in [1.54, 1.807) is 0 Å². The van der Waals surface area contributed by atoms with Gasteiger partial charge in [-0.2, -0.15) is 0 Å². The van der Waals surface area contributed by atoms with E-state index in [1.807, 2.05) is 0 Å². The Morgan fingerprint density at radius 1 is 1.44 bits per heavy atom. The quantitative estimate of drug-likeness (QED) is 0.611. The summed E-state index contributed by atoms with van der Waals surface area (Å²) in [7, 11) is 0. The molecule has 0 bridgehead atoms. The van der Waals surface area contributed by atoms with Gasteiger partial charge in [0.2, 0.25) is 5.91 Å². The van der Waals surface area contributed by atoms with Gasteiger partial charge in [0.15, 0.2) is 0 Å². The maximum Gasteiger partial charge on any atom is 0.317 e. The molecule has 0 aliphatic carbocycles. The summed E-state index contributed by atoms with van der Waals surface area (Å²) in [5.41, 5.74) is 5.05. The van der Waals surface area contributed by atoms with Crippen LogP contribution in [0, 0.1) is 0 Å². The number of carbonyl (C=O) groups is 2. The number of nitrogens with zero attached hydrogens (tertiary/aromatic N) is 1. The number of aliphatic carboxylic acids is 1. The molecule has 16 heavy (non-hydrogen) atoms. The van der Waals surface area contributed by atoms with Crippen LogP contribution in [0.3, 0.4) is 0 Å². The normalized spacial score (nSPS) is 20.2. The Hall–Kier alpha value is -1.14. The highest BCUT2D eigenvalue weighted by Gasteiger charge is 2.18. The SMILES string of the molecule is NC(=O)CN(CCC1CCCO1)CC(=O)O. The van der Waals surface area contributed by atoms with Gasteiger partial charge in [-0.05, 0) is 19.3 Å². The third-order valence-corrected chi connectivity index (χ3v) is 2.53. The Labute approximate surface area is 94.3 Å². The average Bonchev–Trinajstić information content (AvgIpc) is 2.64. The van der Waals surface area contributed by atoms with Crippen LogP contribution in [0.4, 0.5) is 0 Å². The van der Waals surface area contributed by atoms with Crippen LogP contribution in [-0.2, 0) is 14.3 Å². The lowest BCUT2D eigenvalue weighted by Gasteiger charge is -2.20. The topological polar surface area (TPSA) is 92.9 Å². The summed E-state index contributed by atoms with van der Waals surface area (Å²) < 4.78 is 5.42. The van der Waals surface area contributed by atoms with Crippen LogP contribution in [0.1, 0.15) is 19.3 Å². The van der Waals surface area contributed by atoms with E-state index in [-0.39, 0.29) is 19.2 Å². The first-order valence-electron chi connectivity index (χ1n) is 5.42. The summed E-state index contributed by atoms with van der Waals surface area (Å²) in [6, 6.07) is 0. The largest absolute Gasteiger partial charge is 0.480 e. The Kier molecular flexibility index (Phi) is 5.21. The van der Waals surface area contributed by atoms with Gasteiger partial charge in [0, 0.05) is 13.2 Å². The van der Waals surface area contributed by atoms with E-state index in [0.29, 0.717) is 6.54 Å². The molecule has 6 nitrogen and oxygen atoms in total. The van der Waals surface area contributed by atoms with Crippen LogP contribution in [0.15, 0.2) is 0 Å². The molecule has 3 N–H and O–H groups in total. The fourth-order valence-corrected chi connectivity index (χ4v) is 1.82. The first-order chi connectivity index (χ1) is 7.58. The molecule has 1 saturated heterocycles. The van der Waals surface area contributed by atoms with Crippen molar-refractivity contribution in [2.75, 3.05) is 26.2 Å². The van der Waals surface area contributed by atoms with E-state index in [4.69, 9.17) is 15.6 Å². The fraction of sp³-hybridized carbons (Fsp3) is 0.800. The Morgan fingerprint density at radius 2 is 2.19 bits per heavy atom. The van der Waals surface area contributed by atoms with Crippen molar-refractivity contribution in [3.05, 3.63) is 0 Å². The van der Waals surface area contributed by atoms with Crippen molar-refractivity contribution in [3.8, 4) is 0 Å². The lowest BCUT2D eigenvalue weighted by atomic mass is 10.2. The molecular formula is C10H18N2O4. The zero-order chi connectivity index (χ0) is 12.0. The lowest BCUT2D eigenvalue weighted by Crippen LogP contribution is -2.38. The molecule has 1 rings (SSSR count). The second kappa shape index (κ2) is 6.44. The number of primary amides is 1. The number of carboxylic acids is 1. The van der Waals surface area contributed by atoms with Crippen molar-refractivity contribution in [3.63, 3.8) is 0 Å². The van der Waals surface area contributed by atoms with Gasteiger partial charge in [0.25, 0.3) is 0 Å². The maximum absolute atomic E-state index is 10.7. The van der Waals surface area contributed by atoms with Gasteiger partial charge in [-0.15, -0.1) is 0 Å². The Bertz CT molecular complexity index is 235. The number of hydrogen-bond acceptors (Lipinski definition) is 4. The standard InChI is InChI=1S/C10H18N2O4/c11-9(13)6-12(7-10(14)15)4-3-8-2-1-5-16-8/h8H,1-7H2,(H2,11,13)(H,14,15). The summed E-state index contributed by atoms with van der Waals surface area (Å²) in [4.78, 5) is 22.8. The molecule has 0 saturated carbocycles. The van der Waals surface area contributed by atoms with Gasteiger partial charge in [-0.25, -0.2) is 0 Å². The zero-order valence-electron chi connectivity index (χ0n) is 9.22. The molecule has 1 amide bonds. The van der Waals surface area contributed by atoms with Crippen LogP contribution >= 0.6 is 0 Å². The van der Waals surface area contributed by atoms with E-state index in [9.17, 15) is 9.59 Å². The van der Waals surface area contributed by atoms with Crippen molar-refractivity contribution < 1.29 is 19.4 Å². The molecule has 1 aliphatic heterocycles. The molecule has 1 atom stereocenters. The van der Waals surface area contributed by atoms with Gasteiger partial charge in [-0.1, -0.05) is 0 Å². The monoisotopic (exact) mass is 230 g/mol. The van der Waals surface area contributed by atoms with E-state index in [0.717, 1.165) is 25.9 Å². The van der Waals surface area contributed by atoms with Crippen molar-refractivity contribution in [2.45, 2.75) is 25.4 Å². The summed E-state index contributed by atoms with van der Waals surface area (Å²) in [6.45, 7) is 1.13. The third-order valence-electron chi connectivity index (χ3n) is 2.53. The predicted molar refractivity (Wildman–Crippen MR) is 56.9 cm³/mol. The van der Waals surface area contributed by atoms with Crippen LogP contribution < -0.4 is 5.73 Å². The van der Waals surface area contributed by atoms with E-state index >= 15 is 0 Å². The van der Waals surface area contributed by atoms with Crippen LogP contribution in [0.25, 0.3) is 0 Å². The molecular weight excluding hydrogens is 212 g/mol. The van der Waals surface area contributed by atoms with Gasteiger partial charge in [0.1, 0.15) is 0 Å². The number of carbonyl (C=O) groups excluding carboxylic acids is 1. The predicted octanol–water partition coefficient (Wildman–Crippen LogP) is -0.573. The number of hydrogen-bond donors (Lipinski definition) is 2. The van der Waals surface area contributed by atoms with E-state index in [2.05, 4.69) is 0 Å². The summed E-state index contributed by atoms with van der Waals surface area (Å²) in [5, 5.41) is 8.66. The minimum absolute atomic E-state index is 0.0149. The van der Waals surface area contributed by atoms with Gasteiger partial charge >= 0.3 is 5.97 Å². The van der Waals surface area contributed by atoms with Crippen molar-refractivity contribution in [1.29, 1.82) is 0 Å². The first kappa shape index (κ1) is 12.9. The number of rotatable bonds is 7. The minimum Gasteiger partial charge on any atom is -0.480 e. The highest BCUT2D eigenvalue weighted by molar-refractivity contribution is 5.77. The number of amides is 1. The minimum atomic E-state index is -0.950. The summed E-state index contributed by atoms with van der Waals surface area (Å²) >= 11 is 0. The molecule has 1 unspecified atom stereocenters. The molecule has 0 spiro atoms. The lowest BCUT2D eigenvalue weighted by molar-refractivity contribution is -0.138. The van der Waals surface area contributed by atoms with Crippen LogP contribution in [-0.4, -0.2) is 54.2 Å². The number of nitrogens with two attached hydrogens (primary N) is 1. The van der Waals surface area contributed by atoms with E-state index in [1.165, 1.54) is 4.90 Å². The highest BCUT2D eigenvalue weighted by atomic mass is 16.5. The molecule has 0 aromatic rings. The van der Waals surface area contributed by atoms with Crippen LogP contribution in [0.5, 0.6) is 0 Å². The molecule has 0 aromatic heterocycles. The molecule has 0 aromatic carbocycles. The smallest absolute Gasteiger partial charge is 0.317 e. The molecule has 1 fully saturated rings. The van der Waals surface area contributed by atoms with Crippen LogP contribution in [0.2, 0.25) is 0 Å². The average molecular weight is 230 g/mol. The van der Waals surface area contributed by atoms with Gasteiger partial charge in [-0.3, -0.25) is 14.5 Å². The number of carboxylic acid groups (broad SMARTS) is 1. The molecule has 92 valence electrons. The molecule has 0 radical (unpaired) electrons. The Morgan fingerprint density at radius 3 is 2.69 bits per heavy atom. The second-order valence-electron chi connectivity index (χ2n) is 3.99. The summed E-state index contributed by atoms with van der Waals surface area (Å²) in [5.74, 6) is -1.46. The molecule has 1 aliphatic rings. The fourth-order valence-electron chi connectivity index (χ4n) is 1.82. The van der Waals surface area contributed by atoms with Crippen molar-refractivity contribution in [1.82, 2.24) is 4.90 Å². The molecule has 6 heteroatoms. The highest BCUT2D eigenvalue weighted by Crippen LogP contribution is 2.15.